The Morgan fingerprint density at radius 3 is 2.43 bits per heavy atom. The Labute approximate surface area is 158 Å². The second-order valence-corrected chi connectivity index (χ2v) is 6.81. The number of halogens is 4. The lowest BCUT2D eigenvalue weighted by molar-refractivity contribution is -0.137. The zero-order valence-electron chi connectivity index (χ0n) is 14.7. The number of hydrogen-bond acceptors (Lipinski definition) is 3. The minimum absolute atomic E-state index is 0.0369. The SMILES string of the molecule is Oc1c(-c2ccccc2F)oc(NC2CCC2)c1-c1cccc(C(F)(F)F)c1. The minimum Gasteiger partial charge on any atom is -0.504 e. The molecule has 2 N–H and O–H groups in total. The molecule has 1 fully saturated rings. The van der Waals surface area contributed by atoms with E-state index in [1.54, 1.807) is 6.07 Å². The maximum Gasteiger partial charge on any atom is 0.416 e. The van der Waals surface area contributed by atoms with Gasteiger partial charge in [-0.05, 0) is 49.1 Å². The van der Waals surface area contributed by atoms with Gasteiger partial charge in [0.15, 0.2) is 11.5 Å². The molecule has 0 aliphatic heterocycles. The van der Waals surface area contributed by atoms with E-state index in [9.17, 15) is 22.7 Å². The van der Waals surface area contributed by atoms with Crippen molar-refractivity contribution >= 4 is 5.88 Å². The Morgan fingerprint density at radius 2 is 1.79 bits per heavy atom. The van der Waals surface area contributed by atoms with Gasteiger partial charge in [-0.15, -0.1) is 0 Å². The van der Waals surface area contributed by atoms with Gasteiger partial charge in [0, 0.05) is 6.04 Å². The smallest absolute Gasteiger partial charge is 0.416 e. The summed E-state index contributed by atoms with van der Waals surface area (Å²) >= 11 is 0. The molecule has 0 unspecified atom stereocenters. The summed E-state index contributed by atoms with van der Waals surface area (Å²) < 4.78 is 59.3. The molecule has 1 aliphatic carbocycles. The van der Waals surface area contributed by atoms with E-state index in [0.717, 1.165) is 31.4 Å². The molecule has 7 heteroatoms. The summed E-state index contributed by atoms with van der Waals surface area (Å²) in [5.74, 6) is -0.976. The average Bonchev–Trinajstić information content (AvgIpc) is 2.94. The van der Waals surface area contributed by atoms with E-state index in [0.29, 0.717) is 0 Å². The number of furan rings is 1. The number of benzene rings is 2. The normalized spacial score (nSPS) is 14.7. The number of hydrogen-bond donors (Lipinski definition) is 2. The van der Waals surface area contributed by atoms with Gasteiger partial charge in [-0.3, -0.25) is 0 Å². The maximum atomic E-state index is 14.2. The zero-order chi connectivity index (χ0) is 19.9. The molecule has 0 atom stereocenters. The van der Waals surface area contributed by atoms with Gasteiger partial charge in [0.2, 0.25) is 5.88 Å². The molecule has 0 spiro atoms. The second-order valence-electron chi connectivity index (χ2n) is 6.81. The van der Waals surface area contributed by atoms with Crippen molar-refractivity contribution in [1.82, 2.24) is 0 Å². The highest BCUT2D eigenvalue weighted by molar-refractivity contribution is 5.87. The summed E-state index contributed by atoms with van der Waals surface area (Å²) in [6.07, 6.45) is -1.72. The van der Waals surface area contributed by atoms with Crippen molar-refractivity contribution in [2.24, 2.45) is 0 Å². The van der Waals surface area contributed by atoms with E-state index in [1.165, 1.54) is 30.3 Å². The highest BCUT2D eigenvalue weighted by atomic mass is 19.4. The van der Waals surface area contributed by atoms with Crippen LogP contribution in [0.15, 0.2) is 52.9 Å². The molecule has 0 amide bonds. The van der Waals surface area contributed by atoms with E-state index < -0.39 is 23.3 Å². The molecule has 4 rings (SSSR count). The summed E-state index contributed by atoms with van der Waals surface area (Å²) in [5, 5.41) is 13.9. The molecule has 146 valence electrons. The zero-order valence-corrected chi connectivity index (χ0v) is 14.7. The summed E-state index contributed by atoms with van der Waals surface area (Å²) in [6.45, 7) is 0. The Balaban J connectivity index is 1.87. The second kappa shape index (κ2) is 6.89. The summed E-state index contributed by atoms with van der Waals surface area (Å²) in [5.41, 5.74) is -0.570. The van der Waals surface area contributed by atoms with Crippen LogP contribution in [-0.4, -0.2) is 11.1 Å². The molecule has 1 saturated carbocycles. The largest absolute Gasteiger partial charge is 0.504 e. The van der Waals surface area contributed by atoms with Crippen LogP contribution in [0.2, 0.25) is 0 Å². The van der Waals surface area contributed by atoms with Crippen LogP contribution >= 0.6 is 0 Å². The first-order valence-electron chi connectivity index (χ1n) is 8.89. The van der Waals surface area contributed by atoms with Crippen LogP contribution in [-0.2, 0) is 6.18 Å². The van der Waals surface area contributed by atoms with Crippen molar-refractivity contribution in [1.29, 1.82) is 0 Å². The van der Waals surface area contributed by atoms with Crippen LogP contribution in [0, 0.1) is 5.82 Å². The van der Waals surface area contributed by atoms with Crippen molar-refractivity contribution in [3.05, 3.63) is 59.9 Å². The molecule has 0 saturated heterocycles. The molecule has 1 heterocycles. The van der Waals surface area contributed by atoms with Crippen molar-refractivity contribution in [3.8, 4) is 28.2 Å². The quantitative estimate of drug-likeness (QED) is 0.503. The van der Waals surface area contributed by atoms with Gasteiger partial charge in [-0.25, -0.2) is 4.39 Å². The van der Waals surface area contributed by atoms with E-state index in [2.05, 4.69) is 5.32 Å². The first-order chi connectivity index (χ1) is 13.3. The molecule has 3 aromatic rings. The molecule has 0 radical (unpaired) electrons. The summed E-state index contributed by atoms with van der Waals surface area (Å²) in [7, 11) is 0. The van der Waals surface area contributed by atoms with Crippen LogP contribution in [0.25, 0.3) is 22.5 Å². The number of alkyl halides is 3. The molecule has 3 nitrogen and oxygen atoms in total. The van der Waals surface area contributed by atoms with Crippen molar-refractivity contribution in [3.63, 3.8) is 0 Å². The van der Waals surface area contributed by atoms with E-state index in [1.807, 2.05) is 0 Å². The number of rotatable bonds is 4. The van der Waals surface area contributed by atoms with Gasteiger partial charge in [0.05, 0.1) is 16.7 Å². The Hall–Kier alpha value is -2.96. The fourth-order valence-electron chi connectivity index (χ4n) is 3.21. The Kier molecular flexibility index (Phi) is 4.53. The van der Waals surface area contributed by atoms with Crippen LogP contribution < -0.4 is 5.32 Å². The van der Waals surface area contributed by atoms with Crippen LogP contribution in [0.4, 0.5) is 23.4 Å². The third-order valence-corrected chi connectivity index (χ3v) is 4.92. The molecular weight excluding hydrogens is 374 g/mol. The lowest BCUT2D eigenvalue weighted by Crippen LogP contribution is -2.26. The first-order valence-corrected chi connectivity index (χ1v) is 8.89. The van der Waals surface area contributed by atoms with Gasteiger partial charge in [0.25, 0.3) is 0 Å². The van der Waals surface area contributed by atoms with E-state index in [-0.39, 0.29) is 34.4 Å². The van der Waals surface area contributed by atoms with E-state index >= 15 is 0 Å². The van der Waals surface area contributed by atoms with Crippen LogP contribution in [0.1, 0.15) is 24.8 Å². The van der Waals surface area contributed by atoms with Crippen molar-refractivity contribution in [2.45, 2.75) is 31.5 Å². The highest BCUT2D eigenvalue weighted by Crippen LogP contribution is 2.48. The maximum absolute atomic E-state index is 14.2. The third-order valence-electron chi connectivity index (χ3n) is 4.92. The minimum atomic E-state index is -4.52. The molecule has 2 aromatic carbocycles. The lowest BCUT2D eigenvalue weighted by atomic mass is 9.93. The van der Waals surface area contributed by atoms with Gasteiger partial charge < -0.3 is 14.8 Å². The van der Waals surface area contributed by atoms with Gasteiger partial charge >= 0.3 is 6.18 Å². The van der Waals surface area contributed by atoms with E-state index in [4.69, 9.17) is 4.42 Å². The predicted octanol–water partition coefficient (Wildman–Crippen LogP) is 6.44. The molecule has 0 bridgehead atoms. The standard InChI is InChI=1S/C21H17F4NO2/c22-16-10-2-1-9-15(16)19-18(27)17(20(28-19)26-14-7-4-8-14)12-5-3-6-13(11-12)21(23,24)25/h1-3,5-6,9-11,14,26-27H,4,7-8H2. The fraction of sp³-hybridized carbons (Fsp3) is 0.238. The number of anilines is 1. The van der Waals surface area contributed by atoms with Crippen molar-refractivity contribution < 1.29 is 27.1 Å². The van der Waals surface area contributed by atoms with Crippen LogP contribution in [0.5, 0.6) is 5.75 Å². The lowest BCUT2D eigenvalue weighted by Gasteiger charge is -2.26. The Bertz CT molecular complexity index is 1010. The highest BCUT2D eigenvalue weighted by Gasteiger charge is 2.32. The molecule has 28 heavy (non-hydrogen) atoms. The number of aromatic hydroxyl groups is 1. The summed E-state index contributed by atoms with van der Waals surface area (Å²) in [4.78, 5) is 0. The van der Waals surface area contributed by atoms with Gasteiger partial charge in [0.1, 0.15) is 5.82 Å². The topological polar surface area (TPSA) is 45.4 Å². The fourth-order valence-corrected chi connectivity index (χ4v) is 3.21. The van der Waals surface area contributed by atoms with Gasteiger partial charge in [-0.1, -0.05) is 24.3 Å². The predicted molar refractivity (Wildman–Crippen MR) is 97.5 cm³/mol. The molecular formula is C21H17F4NO2. The van der Waals surface area contributed by atoms with Crippen molar-refractivity contribution in [2.75, 3.05) is 5.32 Å². The average molecular weight is 391 g/mol. The summed E-state index contributed by atoms with van der Waals surface area (Å²) in [6, 6.07) is 10.5. The molecule has 1 aliphatic rings. The van der Waals surface area contributed by atoms with Gasteiger partial charge in [-0.2, -0.15) is 13.2 Å². The monoisotopic (exact) mass is 391 g/mol. The molecule has 1 aromatic heterocycles. The first kappa shape index (κ1) is 18.4. The number of nitrogens with one attached hydrogen (secondary N) is 1. The van der Waals surface area contributed by atoms with Crippen LogP contribution in [0.3, 0.4) is 0 Å². The third kappa shape index (κ3) is 3.32. The Morgan fingerprint density at radius 1 is 1.04 bits per heavy atom.